The van der Waals surface area contributed by atoms with Crippen molar-refractivity contribution in [2.45, 2.75) is 26.7 Å². The molecule has 4 N–H and O–H groups in total. The van der Waals surface area contributed by atoms with Crippen molar-refractivity contribution in [1.29, 1.82) is 0 Å². The highest BCUT2D eigenvalue weighted by molar-refractivity contribution is 5.95. The monoisotopic (exact) mass is 378 g/mol. The van der Waals surface area contributed by atoms with Crippen molar-refractivity contribution in [2.75, 3.05) is 10.6 Å². The third-order valence-electron chi connectivity index (χ3n) is 4.65. The Kier molecular flexibility index (Phi) is 5.49. The number of hydrogen-bond acceptors (Lipinski definition) is 4. The van der Waals surface area contributed by atoms with Crippen LogP contribution in [0.25, 0.3) is 0 Å². The molecule has 6 nitrogen and oxygen atoms in total. The van der Waals surface area contributed by atoms with Crippen molar-refractivity contribution in [3.05, 3.63) is 82.2 Å². The van der Waals surface area contributed by atoms with Gasteiger partial charge in [0.2, 0.25) is 0 Å². The van der Waals surface area contributed by atoms with E-state index < -0.39 is 11.9 Å². The minimum absolute atomic E-state index is 0.000955. The third-order valence-corrected chi connectivity index (χ3v) is 4.65. The second-order valence-corrected chi connectivity index (χ2v) is 6.86. The summed E-state index contributed by atoms with van der Waals surface area (Å²) in [5.74, 6) is -2.13. The number of rotatable bonds is 6. The predicted molar refractivity (Wildman–Crippen MR) is 108 cm³/mol. The van der Waals surface area contributed by atoms with Crippen molar-refractivity contribution in [3.8, 4) is 0 Å². The Balaban J connectivity index is 1.91. The lowest BCUT2D eigenvalue weighted by Gasteiger charge is -2.24. The summed E-state index contributed by atoms with van der Waals surface area (Å²) in [7, 11) is 0. The van der Waals surface area contributed by atoms with E-state index in [-0.39, 0.29) is 24.0 Å². The molecule has 3 rings (SSSR count). The van der Waals surface area contributed by atoms with Crippen LogP contribution in [-0.4, -0.2) is 22.2 Å². The smallest absolute Gasteiger partial charge is 0.333 e. The van der Waals surface area contributed by atoms with Crippen molar-refractivity contribution in [3.63, 3.8) is 0 Å². The van der Waals surface area contributed by atoms with E-state index in [0.29, 0.717) is 11.4 Å². The SMILES string of the molecule is Cc1ccc(NC2=C(C(=O)O)CC(Nc3ccc(C)cc3)=C(C(=O)O)C2)cc1. The Labute approximate surface area is 163 Å². The fourth-order valence-electron chi connectivity index (χ4n) is 3.05. The van der Waals surface area contributed by atoms with Gasteiger partial charge < -0.3 is 20.8 Å². The fourth-order valence-corrected chi connectivity index (χ4v) is 3.05. The summed E-state index contributed by atoms with van der Waals surface area (Å²) in [6, 6.07) is 15.0. The van der Waals surface area contributed by atoms with E-state index in [2.05, 4.69) is 10.6 Å². The van der Waals surface area contributed by atoms with Crippen LogP contribution in [0.1, 0.15) is 24.0 Å². The third kappa shape index (κ3) is 4.40. The number of aryl methyl sites for hydroxylation is 2. The fraction of sp³-hybridized carbons (Fsp3) is 0.182. The van der Waals surface area contributed by atoms with Gasteiger partial charge in [-0.05, 0) is 38.1 Å². The van der Waals surface area contributed by atoms with Gasteiger partial charge in [0.15, 0.2) is 0 Å². The molecule has 0 heterocycles. The number of carboxylic acid groups (broad SMARTS) is 2. The van der Waals surface area contributed by atoms with Crippen molar-refractivity contribution < 1.29 is 19.8 Å². The molecular weight excluding hydrogens is 356 g/mol. The highest BCUT2D eigenvalue weighted by atomic mass is 16.4. The highest BCUT2D eigenvalue weighted by Crippen LogP contribution is 2.32. The molecule has 0 saturated heterocycles. The number of allylic oxidation sites excluding steroid dienone is 2. The molecule has 0 aliphatic heterocycles. The van der Waals surface area contributed by atoms with E-state index in [0.717, 1.165) is 22.5 Å². The number of anilines is 2. The van der Waals surface area contributed by atoms with Crippen LogP contribution in [0.5, 0.6) is 0 Å². The van der Waals surface area contributed by atoms with E-state index >= 15 is 0 Å². The van der Waals surface area contributed by atoms with E-state index in [1.165, 1.54) is 0 Å². The number of benzene rings is 2. The summed E-state index contributed by atoms with van der Waals surface area (Å²) in [6.45, 7) is 3.92. The Morgan fingerprint density at radius 1 is 0.679 bits per heavy atom. The number of hydrogen-bond donors (Lipinski definition) is 4. The molecule has 2 aromatic rings. The topological polar surface area (TPSA) is 98.7 Å². The second kappa shape index (κ2) is 8.00. The second-order valence-electron chi connectivity index (χ2n) is 6.86. The van der Waals surface area contributed by atoms with E-state index in [1.54, 1.807) is 0 Å². The van der Waals surface area contributed by atoms with Crippen LogP contribution in [0.4, 0.5) is 11.4 Å². The molecule has 0 bridgehead atoms. The minimum Gasteiger partial charge on any atom is -0.478 e. The van der Waals surface area contributed by atoms with Gasteiger partial charge in [-0.15, -0.1) is 0 Å². The molecule has 0 unspecified atom stereocenters. The molecular formula is C22H22N2O4. The van der Waals surface area contributed by atoms with Crippen LogP contribution in [0.15, 0.2) is 71.1 Å². The summed E-state index contributed by atoms with van der Waals surface area (Å²) in [6.07, 6.45) is -0.00191. The maximum Gasteiger partial charge on any atom is 0.333 e. The molecule has 144 valence electrons. The first-order chi connectivity index (χ1) is 13.3. The molecule has 0 radical (unpaired) electrons. The van der Waals surface area contributed by atoms with Gasteiger partial charge in [-0.1, -0.05) is 35.4 Å². The van der Waals surface area contributed by atoms with Gasteiger partial charge in [0.1, 0.15) is 0 Å². The lowest BCUT2D eigenvalue weighted by molar-refractivity contribution is -0.134. The zero-order valence-electron chi connectivity index (χ0n) is 15.7. The molecule has 0 amide bonds. The van der Waals surface area contributed by atoms with Gasteiger partial charge in [-0.2, -0.15) is 0 Å². The Bertz CT molecular complexity index is 889. The first kappa shape index (κ1) is 19.2. The largest absolute Gasteiger partial charge is 0.478 e. The molecule has 1 aliphatic carbocycles. The van der Waals surface area contributed by atoms with Crippen LogP contribution >= 0.6 is 0 Å². The van der Waals surface area contributed by atoms with Gasteiger partial charge >= 0.3 is 11.9 Å². The van der Waals surface area contributed by atoms with Gasteiger partial charge in [0.25, 0.3) is 0 Å². The molecule has 28 heavy (non-hydrogen) atoms. The normalized spacial score (nSPS) is 14.1. The van der Waals surface area contributed by atoms with E-state index in [1.807, 2.05) is 62.4 Å². The molecule has 0 spiro atoms. The minimum atomic E-state index is -1.07. The summed E-state index contributed by atoms with van der Waals surface area (Å²) >= 11 is 0. The zero-order valence-corrected chi connectivity index (χ0v) is 15.7. The molecule has 0 fully saturated rings. The molecule has 0 aromatic heterocycles. The average Bonchev–Trinajstić information content (AvgIpc) is 2.66. The quantitative estimate of drug-likeness (QED) is 0.598. The number of carboxylic acids is 2. The first-order valence-electron chi connectivity index (χ1n) is 8.91. The molecule has 1 aliphatic rings. The number of nitrogens with one attached hydrogen (secondary N) is 2. The van der Waals surface area contributed by atoms with Gasteiger partial charge in [0, 0.05) is 35.6 Å². The highest BCUT2D eigenvalue weighted by Gasteiger charge is 2.28. The van der Waals surface area contributed by atoms with Crippen LogP contribution < -0.4 is 10.6 Å². The van der Waals surface area contributed by atoms with Crippen molar-refractivity contribution in [2.24, 2.45) is 0 Å². The average molecular weight is 378 g/mol. The summed E-state index contributed by atoms with van der Waals surface area (Å²) in [4.78, 5) is 23.7. The summed E-state index contributed by atoms with van der Waals surface area (Å²) < 4.78 is 0. The number of aliphatic carboxylic acids is 2. The standard InChI is InChI=1S/C22H22N2O4/c1-13-3-7-15(8-4-13)23-19-11-18(22(27)28)20(12-17(19)21(25)26)24-16-9-5-14(2)6-10-16/h3-10,23-24H,11-12H2,1-2H3,(H,25,26)(H,27,28). The molecule has 6 heteroatoms. The van der Waals surface area contributed by atoms with Crippen LogP contribution in [0.3, 0.4) is 0 Å². The van der Waals surface area contributed by atoms with E-state index in [9.17, 15) is 19.8 Å². The predicted octanol–water partition coefficient (Wildman–Crippen LogP) is 4.30. The van der Waals surface area contributed by atoms with Crippen LogP contribution in [0, 0.1) is 13.8 Å². The maximum atomic E-state index is 11.8. The van der Waals surface area contributed by atoms with Gasteiger partial charge in [0.05, 0.1) is 11.1 Å². The lowest BCUT2D eigenvalue weighted by atomic mass is 9.92. The summed E-state index contributed by atoms with van der Waals surface area (Å²) in [5, 5.41) is 25.5. The number of carbonyl (C=O) groups is 2. The Morgan fingerprint density at radius 2 is 1.00 bits per heavy atom. The Morgan fingerprint density at radius 3 is 1.29 bits per heavy atom. The lowest BCUT2D eigenvalue weighted by Crippen LogP contribution is -2.23. The van der Waals surface area contributed by atoms with Crippen molar-refractivity contribution in [1.82, 2.24) is 0 Å². The van der Waals surface area contributed by atoms with Gasteiger partial charge in [-0.3, -0.25) is 0 Å². The zero-order chi connectivity index (χ0) is 20.3. The van der Waals surface area contributed by atoms with E-state index in [4.69, 9.17) is 0 Å². The van der Waals surface area contributed by atoms with Crippen LogP contribution in [0.2, 0.25) is 0 Å². The molecule has 0 atom stereocenters. The molecule has 0 saturated carbocycles. The molecule has 2 aromatic carbocycles. The van der Waals surface area contributed by atoms with Crippen molar-refractivity contribution >= 4 is 23.3 Å². The summed E-state index contributed by atoms with van der Waals surface area (Å²) in [5.41, 5.74) is 4.69. The Hall–Kier alpha value is -3.54. The van der Waals surface area contributed by atoms with Gasteiger partial charge in [-0.25, -0.2) is 9.59 Å². The maximum absolute atomic E-state index is 11.8. The first-order valence-corrected chi connectivity index (χ1v) is 8.91. The van der Waals surface area contributed by atoms with Crippen LogP contribution in [-0.2, 0) is 9.59 Å².